The first-order chi connectivity index (χ1) is 16.1. The molecule has 3 rings (SSSR count). The van der Waals surface area contributed by atoms with Crippen molar-refractivity contribution in [1.82, 2.24) is 0 Å². The monoisotopic (exact) mass is 501 g/mol. The van der Waals surface area contributed by atoms with E-state index in [2.05, 4.69) is 10.6 Å². The van der Waals surface area contributed by atoms with Gasteiger partial charge in [0.05, 0.1) is 22.0 Å². The molecule has 1 aromatic heterocycles. The number of nitrogens with one attached hydrogen (secondary N) is 2. The highest BCUT2D eigenvalue weighted by Gasteiger charge is 2.27. The van der Waals surface area contributed by atoms with Gasteiger partial charge in [-0.15, -0.1) is 11.3 Å². The topological polar surface area (TPSA) is 128 Å². The van der Waals surface area contributed by atoms with Crippen LogP contribution < -0.4 is 10.6 Å². The van der Waals surface area contributed by atoms with Crippen LogP contribution in [-0.4, -0.2) is 29.3 Å². The molecule has 0 unspecified atom stereocenters. The number of anilines is 2. The molecule has 3 aromatic rings. The lowest BCUT2D eigenvalue weighted by atomic mass is 10.1. The normalized spacial score (nSPS) is 10.5. The van der Waals surface area contributed by atoms with E-state index in [1.165, 1.54) is 18.2 Å². The molecule has 0 fully saturated rings. The van der Waals surface area contributed by atoms with Gasteiger partial charge < -0.3 is 15.4 Å². The summed E-state index contributed by atoms with van der Waals surface area (Å²) in [5, 5.41) is 17.0. The number of non-ortho nitro benzene ring substituents is 1. The fourth-order valence-corrected chi connectivity index (χ4v) is 4.38. The molecule has 11 heteroatoms. The van der Waals surface area contributed by atoms with E-state index in [0.717, 1.165) is 17.4 Å². The number of thiophene rings is 1. The summed E-state index contributed by atoms with van der Waals surface area (Å²) in [5.74, 6) is -1.87. The van der Waals surface area contributed by atoms with Crippen LogP contribution in [0.4, 0.5) is 16.4 Å². The van der Waals surface area contributed by atoms with Crippen LogP contribution >= 0.6 is 22.9 Å². The van der Waals surface area contributed by atoms with E-state index in [1.54, 1.807) is 39.0 Å². The number of nitrogens with zero attached hydrogens (tertiary/aromatic N) is 1. The summed E-state index contributed by atoms with van der Waals surface area (Å²) in [6.45, 7) is 5.06. The third-order valence-electron chi connectivity index (χ3n) is 4.89. The summed E-state index contributed by atoms with van der Waals surface area (Å²) in [4.78, 5) is 49.1. The predicted octanol–water partition coefficient (Wildman–Crippen LogP) is 5.61. The van der Waals surface area contributed by atoms with Gasteiger partial charge in [0.1, 0.15) is 5.00 Å². The number of benzene rings is 2. The molecule has 9 nitrogen and oxygen atoms in total. The minimum absolute atomic E-state index is 0.0237. The van der Waals surface area contributed by atoms with Crippen molar-refractivity contribution in [3.8, 4) is 0 Å². The van der Waals surface area contributed by atoms with Crippen LogP contribution in [0.3, 0.4) is 0 Å². The lowest BCUT2D eigenvalue weighted by molar-refractivity contribution is -0.384. The molecular formula is C23H20ClN3O6S. The smallest absolute Gasteiger partial charge is 0.341 e. The molecule has 2 aromatic carbocycles. The molecule has 0 saturated heterocycles. The molecule has 0 bridgehead atoms. The van der Waals surface area contributed by atoms with E-state index in [4.69, 9.17) is 16.3 Å². The van der Waals surface area contributed by atoms with Gasteiger partial charge in [-0.3, -0.25) is 19.7 Å². The van der Waals surface area contributed by atoms with Gasteiger partial charge in [0, 0.05) is 28.4 Å². The molecule has 1 heterocycles. The number of ether oxygens (including phenoxy) is 1. The van der Waals surface area contributed by atoms with E-state index in [0.29, 0.717) is 21.8 Å². The van der Waals surface area contributed by atoms with Crippen molar-refractivity contribution in [3.63, 3.8) is 0 Å². The van der Waals surface area contributed by atoms with Gasteiger partial charge in [0.2, 0.25) is 0 Å². The molecule has 0 radical (unpaired) electrons. The van der Waals surface area contributed by atoms with Crippen molar-refractivity contribution in [2.75, 3.05) is 17.2 Å². The second kappa shape index (κ2) is 10.4. The Balaban J connectivity index is 1.97. The van der Waals surface area contributed by atoms with Crippen molar-refractivity contribution < 1.29 is 24.0 Å². The number of nitro groups is 1. The second-order valence-corrected chi connectivity index (χ2v) is 8.54. The molecule has 2 amide bonds. The van der Waals surface area contributed by atoms with E-state index < -0.39 is 22.7 Å². The van der Waals surface area contributed by atoms with Crippen molar-refractivity contribution in [2.24, 2.45) is 0 Å². The van der Waals surface area contributed by atoms with E-state index in [9.17, 15) is 24.5 Å². The zero-order valence-electron chi connectivity index (χ0n) is 18.4. The molecule has 176 valence electrons. The molecular weight excluding hydrogens is 482 g/mol. The van der Waals surface area contributed by atoms with Gasteiger partial charge in [-0.05, 0) is 50.1 Å². The number of rotatable bonds is 7. The molecule has 0 atom stereocenters. The first-order valence-corrected chi connectivity index (χ1v) is 11.3. The van der Waals surface area contributed by atoms with E-state index in [-0.39, 0.29) is 33.3 Å². The Morgan fingerprint density at radius 2 is 1.76 bits per heavy atom. The van der Waals surface area contributed by atoms with E-state index >= 15 is 0 Å². The lowest BCUT2D eigenvalue weighted by Crippen LogP contribution is -2.15. The highest BCUT2D eigenvalue weighted by atomic mass is 35.5. The number of halogens is 1. The maximum absolute atomic E-state index is 13.0. The van der Waals surface area contributed by atoms with Crippen molar-refractivity contribution >= 4 is 57.1 Å². The molecule has 34 heavy (non-hydrogen) atoms. The number of nitro benzene ring substituents is 1. The molecule has 2 N–H and O–H groups in total. The first kappa shape index (κ1) is 24.9. The van der Waals surface area contributed by atoms with E-state index in [1.807, 2.05) is 0 Å². The molecule has 0 aliphatic heterocycles. The lowest BCUT2D eigenvalue weighted by Gasteiger charge is -2.09. The van der Waals surface area contributed by atoms with Crippen LogP contribution in [0.2, 0.25) is 5.02 Å². The van der Waals surface area contributed by atoms with Gasteiger partial charge >= 0.3 is 5.97 Å². The fraction of sp³-hybridized carbons (Fsp3) is 0.174. The van der Waals surface area contributed by atoms with Gasteiger partial charge in [0.25, 0.3) is 17.5 Å². The van der Waals surface area contributed by atoms with Crippen molar-refractivity contribution in [3.05, 3.63) is 84.7 Å². The maximum atomic E-state index is 13.0. The van der Waals surface area contributed by atoms with Crippen molar-refractivity contribution in [2.45, 2.75) is 20.8 Å². The fourth-order valence-electron chi connectivity index (χ4n) is 3.13. The Morgan fingerprint density at radius 3 is 2.44 bits per heavy atom. The quantitative estimate of drug-likeness (QED) is 0.246. The summed E-state index contributed by atoms with van der Waals surface area (Å²) in [5.41, 5.74) is 1.32. The summed E-state index contributed by atoms with van der Waals surface area (Å²) in [6.07, 6.45) is 0. The number of carbonyl (C=O) groups excluding carboxylic acids is 3. The number of amides is 2. The minimum atomic E-state index is -0.705. The summed E-state index contributed by atoms with van der Waals surface area (Å²) in [7, 11) is 0. The van der Waals surface area contributed by atoms with Gasteiger partial charge in [-0.2, -0.15) is 0 Å². The summed E-state index contributed by atoms with van der Waals surface area (Å²) < 4.78 is 5.11. The number of carbonyl (C=O) groups is 3. The zero-order chi connectivity index (χ0) is 25.0. The Kier molecular flexibility index (Phi) is 7.64. The van der Waals surface area contributed by atoms with Crippen LogP contribution in [-0.2, 0) is 4.74 Å². The third kappa shape index (κ3) is 5.24. The number of hydrogen-bond donors (Lipinski definition) is 2. The molecule has 0 spiro atoms. The van der Waals surface area contributed by atoms with Crippen LogP contribution in [0.1, 0.15) is 48.4 Å². The largest absolute Gasteiger partial charge is 0.462 e. The second-order valence-electron chi connectivity index (χ2n) is 7.11. The molecule has 0 saturated carbocycles. The summed E-state index contributed by atoms with van der Waals surface area (Å²) >= 11 is 7.03. The highest BCUT2D eigenvalue weighted by Crippen LogP contribution is 2.35. The maximum Gasteiger partial charge on any atom is 0.341 e. The first-order valence-electron chi connectivity index (χ1n) is 10.1. The Hall–Kier alpha value is -3.76. The van der Waals surface area contributed by atoms with Crippen LogP contribution in [0.5, 0.6) is 0 Å². The van der Waals surface area contributed by atoms with Crippen LogP contribution in [0, 0.1) is 24.0 Å². The summed E-state index contributed by atoms with van der Waals surface area (Å²) in [6, 6.07) is 10.3. The number of esters is 1. The SMILES string of the molecule is CCOC(=O)c1c(NC(=O)c2cccc([N+](=O)[O-])c2)sc(C(=O)Nc2cccc(Cl)c2C)c1C. The highest BCUT2D eigenvalue weighted by molar-refractivity contribution is 7.19. The van der Waals surface area contributed by atoms with Gasteiger partial charge in [-0.1, -0.05) is 23.7 Å². The van der Waals surface area contributed by atoms with Crippen LogP contribution in [0.15, 0.2) is 42.5 Å². The predicted molar refractivity (Wildman–Crippen MR) is 130 cm³/mol. The Morgan fingerprint density at radius 1 is 1.06 bits per heavy atom. The zero-order valence-corrected chi connectivity index (χ0v) is 20.0. The van der Waals surface area contributed by atoms with Gasteiger partial charge in [0.15, 0.2) is 0 Å². The Labute approximate surface area is 203 Å². The standard InChI is InChI=1S/C23H20ClN3O6S/c1-4-33-23(30)18-13(3)19(21(29)25-17-10-6-9-16(24)12(17)2)34-22(18)26-20(28)14-7-5-8-15(11-14)27(31)32/h5-11H,4H2,1-3H3,(H,25,29)(H,26,28). The van der Waals surface area contributed by atoms with Crippen molar-refractivity contribution in [1.29, 1.82) is 0 Å². The minimum Gasteiger partial charge on any atom is -0.462 e. The van der Waals surface area contributed by atoms with Crippen LogP contribution in [0.25, 0.3) is 0 Å². The Bertz CT molecular complexity index is 1300. The van der Waals surface area contributed by atoms with Gasteiger partial charge in [-0.25, -0.2) is 4.79 Å². The molecule has 0 aliphatic carbocycles. The average molecular weight is 502 g/mol. The average Bonchev–Trinajstić information content (AvgIpc) is 3.12. The third-order valence-corrected chi connectivity index (χ3v) is 6.51. The number of hydrogen-bond acceptors (Lipinski definition) is 7. The molecule has 0 aliphatic rings.